The van der Waals surface area contributed by atoms with E-state index in [4.69, 9.17) is 0 Å². The van der Waals surface area contributed by atoms with Crippen molar-refractivity contribution in [2.75, 3.05) is 19.6 Å². The highest BCUT2D eigenvalue weighted by atomic mass is 35.5. The molecule has 1 saturated carbocycles. The van der Waals surface area contributed by atoms with Crippen LogP contribution in [0.2, 0.25) is 0 Å². The minimum absolute atomic E-state index is 0. The van der Waals surface area contributed by atoms with Gasteiger partial charge in [0.05, 0.1) is 5.41 Å². The summed E-state index contributed by atoms with van der Waals surface area (Å²) >= 11 is 0. The molecular formula is C12H19ClN2O2. The van der Waals surface area contributed by atoms with Crippen molar-refractivity contribution in [2.24, 2.45) is 11.3 Å². The molecular weight excluding hydrogens is 240 g/mol. The maximum Gasteiger partial charge on any atom is 0.237 e. The Kier molecular flexibility index (Phi) is 3.46. The van der Waals surface area contributed by atoms with Crippen LogP contribution < -0.4 is 5.32 Å². The van der Waals surface area contributed by atoms with Gasteiger partial charge in [0.25, 0.3) is 0 Å². The zero-order chi connectivity index (χ0) is 11.2. The van der Waals surface area contributed by atoms with Crippen molar-refractivity contribution in [1.29, 1.82) is 0 Å². The topological polar surface area (TPSA) is 49.4 Å². The smallest absolute Gasteiger partial charge is 0.237 e. The van der Waals surface area contributed by atoms with E-state index in [0.29, 0.717) is 25.4 Å². The molecule has 1 aliphatic carbocycles. The molecule has 1 unspecified atom stereocenters. The van der Waals surface area contributed by atoms with Crippen LogP contribution in [0.25, 0.3) is 0 Å². The first-order valence-corrected chi connectivity index (χ1v) is 6.27. The van der Waals surface area contributed by atoms with E-state index in [1.165, 1.54) is 17.7 Å². The van der Waals surface area contributed by atoms with Crippen LogP contribution in [-0.2, 0) is 9.59 Å². The molecule has 1 atom stereocenters. The molecule has 1 N–H and O–H groups in total. The van der Waals surface area contributed by atoms with Gasteiger partial charge in [-0.05, 0) is 38.1 Å². The van der Waals surface area contributed by atoms with Crippen molar-refractivity contribution in [1.82, 2.24) is 10.2 Å². The van der Waals surface area contributed by atoms with E-state index in [1.54, 1.807) is 0 Å². The fraction of sp³-hybridized carbons (Fsp3) is 0.833. The molecule has 4 nitrogen and oxygen atoms in total. The van der Waals surface area contributed by atoms with Crippen LogP contribution in [0.15, 0.2) is 0 Å². The third-order valence-electron chi connectivity index (χ3n) is 4.10. The number of carbonyl (C=O) groups is 2. The van der Waals surface area contributed by atoms with Gasteiger partial charge in [0.1, 0.15) is 0 Å². The number of carbonyl (C=O) groups excluding carboxylic acids is 2. The lowest BCUT2D eigenvalue weighted by Gasteiger charge is -2.31. The Morgan fingerprint density at radius 3 is 2.71 bits per heavy atom. The summed E-state index contributed by atoms with van der Waals surface area (Å²) in [7, 11) is 0. The number of imide groups is 1. The largest absolute Gasteiger partial charge is 0.316 e. The fourth-order valence-electron chi connectivity index (χ4n) is 2.90. The second-order valence-electron chi connectivity index (χ2n) is 5.49. The van der Waals surface area contributed by atoms with Gasteiger partial charge in [-0.15, -0.1) is 12.4 Å². The van der Waals surface area contributed by atoms with Gasteiger partial charge in [0.15, 0.2) is 0 Å². The first kappa shape index (κ1) is 12.8. The lowest BCUT2D eigenvalue weighted by Crippen LogP contribution is -2.46. The SMILES string of the molecule is Cl.O=C1CC2(CCCNC2)C(=O)N1CC1CC1. The summed E-state index contributed by atoms with van der Waals surface area (Å²) in [4.78, 5) is 25.8. The minimum Gasteiger partial charge on any atom is -0.316 e. The van der Waals surface area contributed by atoms with Gasteiger partial charge < -0.3 is 5.32 Å². The van der Waals surface area contributed by atoms with Crippen molar-refractivity contribution in [3.05, 3.63) is 0 Å². The van der Waals surface area contributed by atoms with E-state index in [1.807, 2.05) is 0 Å². The van der Waals surface area contributed by atoms with Gasteiger partial charge in [-0.3, -0.25) is 14.5 Å². The Bertz CT molecular complexity index is 335. The van der Waals surface area contributed by atoms with Crippen molar-refractivity contribution in [3.63, 3.8) is 0 Å². The Balaban J connectivity index is 0.00000108. The number of nitrogens with zero attached hydrogens (tertiary/aromatic N) is 1. The molecule has 0 aromatic heterocycles. The second kappa shape index (κ2) is 4.58. The number of amides is 2. The maximum absolute atomic E-state index is 12.3. The summed E-state index contributed by atoms with van der Waals surface area (Å²) in [5, 5.41) is 3.26. The number of halogens is 1. The molecule has 3 rings (SSSR count). The molecule has 17 heavy (non-hydrogen) atoms. The predicted molar refractivity (Wildman–Crippen MR) is 65.8 cm³/mol. The third kappa shape index (κ3) is 2.20. The lowest BCUT2D eigenvalue weighted by atomic mass is 9.79. The van der Waals surface area contributed by atoms with Crippen LogP contribution in [-0.4, -0.2) is 36.3 Å². The van der Waals surface area contributed by atoms with Gasteiger partial charge in [0.2, 0.25) is 11.8 Å². The minimum atomic E-state index is -0.385. The first-order chi connectivity index (χ1) is 7.71. The van der Waals surface area contributed by atoms with E-state index in [0.717, 1.165) is 19.4 Å². The molecule has 0 bridgehead atoms. The summed E-state index contributed by atoms with van der Waals surface area (Å²) in [5.41, 5.74) is -0.385. The van der Waals surface area contributed by atoms with E-state index in [-0.39, 0.29) is 29.6 Å². The molecule has 2 saturated heterocycles. The normalized spacial score (nSPS) is 33.1. The molecule has 2 aliphatic heterocycles. The van der Waals surface area contributed by atoms with E-state index >= 15 is 0 Å². The van der Waals surface area contributed by atoms with Crippen LogP contribution in [0.3, 0.4) is 0 Å². The highest BCUT2D eigenvalue weighted by Crippen LogP contribution is 2.40. The highest BCUT2D eigenvalue weighted by molar-refractivity contribution is 6.06. The van der Waals surface area contributed by atoms with Crippen LogP contribution in [0.5, 0.6) is 0 Å². The zero-order valence-corrected chi connectivity index (χ0v) is 10.7. The van der Waals surface area contributed by atoms with Gasteiger partial charge in [-0.1, -0.05) is 0 Å². The number of likely N-dealkylation sites (tertiary alicyclic amines) is 1. The molecule has 3 fully saturated rings. The summed E-state index contributed by atoms with van der Waals surface area (Å²) in [5.74, 6) is 0.747. The average Bonchev–Trinajstić information content (AvgIpc) is 3.06. The summed E-state index contributed by atoms with van der Waals surface area (Å²) < 4.78 is 0. The van der Waals surface area contributed by atoms with E-state index < -0.39 is 0 Å². The van der Waals surface area contributed by atoms with Crippen molar-refractivity contribution in [2.45, 2.75) is 32.1 Å². The van der Waals surface area contributed by atoms with Crippen LogP contribution in [0.4, 0.5) is 0 Å². The number of piperidine rings is 1. The van der Waals surface area contributed by atoms with Crippen molar-refractivity contribution in [3.8, 4) is 0 Å². The quantitative estimate of drug-likeness (QED) is 0.751. The molecule has 5 heteroatoms. The summed E-state index contributed by atoms with van der Waals surface area (Å²) in [6, 6.07) is 0. The third-order valence-corrected chi connectivity index (χ3v) is 4.10. The Labute approximate surface area is 108 Å². The Morgan fingerprint density at radius 2 is 2.12 bits per heavy atom. The van der Waals surface area contributed by atoms with E-state index in [9.17, 15) is 9.59 Å². The maximum atomic E-state index is 12.3. The van der Waals surface area contributed by atoms with E-state index in [2.05, 4.69) is 5.32 Å². The molecule has 0 aromatic carbocycles. The monoisotopic (exact) mass is 258 g/mol. The van der Waals surface area contributed by atoms with Gasteiger partial charge in [-0.25, -0.2) is 0 Å². The number of hydrogen-bond donors (Lipinski definition) is 1. The molecule has 1 spiro atoms. The second-order valence-corrected chi connectivity index (χ2v) is 5.49. The Morgan fingerprint density at radius 1 is 1.35 bits per heavy atom. The average molecular weight is 259 g/mol. The van der Waals surface area contributed by atoms with Gasteiger partial charge >= 0.3 is 0 Å². The number of hydrogen-bond acceptors (Lipinski definition) is 3. The standard InChI is InChI=1S/C12H18N2O2.ClH/c15-10-6-12(4-1-5-13-8-12)11(16)14(10)7-9-2-3-9;/h9,13H,1-8H2;1H. The van der Waals surface area contributed by atoms with Crippen molar-refractivity contribution >= 4 is 24.2 Å². The predicted octanol–water partition coefficient (Wildman–Crippen LogP) is 0.947. The molecule has 2 heterocycles. The molecule has 96 valence electrons. The lowest BCUT2D eigenvalue weighted by molar-refractivity contribution is -0.142. The van der Waals surface area contributed by atoms with Crippen LogP contribution in [0, 0.1) is 11.3 Å². The molecule has 0 radical (unpaired) electrons. The fourth-order valence-corrected chi connectivity index (χ4v) is 2.90. The highest BCUT2D eigenvalue weighted by Gasteiger charge is 2.52. The summed E-state index contributed by atoms with van der Waals surface area (Å²) in [6.07, 6.45) is 4.69. The van der Waals surface area contributed by atoms with Crippen molar-refractivity contribution < 1.29 is 9.59 Å². The van der Waals surface area contributed by atoms with Crippen LogP contribution in [0.1, 0.15) is 32.1 Å². The first-order valence-electron chi connectivity index (χ1n) is 6.27. The number of nitrogens with one attached hydrogen (secondary N) is 1. The van der Waals surface area contributed by atoms with Crippen LogP contribution >= 0.6 is 12.4 Å². The Hall–Kier alpha value is -0.610. The van der Waals surface area contributed by atoms with Gasteiger partial charge in [0, 0.05) is 19.5 Å². The molecule has 2 amide bonds. The zero-order valence-electron chi connectivity index (χ0n) is 9.91. The number of rotatable bonds is 2. The molecule has 0 aromatic rings. The van der Waals surface area contributed by atoms with Gasteiger partial charge in [-0.2, -0.15) is 0 Å². The summed E-state index contributed by atoms with van der Waals surface area (Å²) in [6.45, 7) is 2.35. The molecule has 3 aliphatic rings.